The normalized spacial score (nSPS) is 55.8. The van der Waals surface area contributed by atoms with Crippen LogP contribution in [0.3, 0.4) is 0 Å². The number of fused-ring (bicyclic) bond motifs is 7. The summed E-state index contributed by atoms with van der Waals surface area (Å²) >= 11 is 0. The molecule has 5 aliphatic carbocycles. The van der Waals surface area contributed by atoms with Crippen molar-refractivity contribution >= 4 is 5.97 Å². The van der Waals surface area contributed by atoms with Crippen LogP contribution >= 0.6 is 0 Å². The highest BCUT2D eigenvalue weighted by molar-refractivity contribution is 5.73. The van der Waals surface area contributed by atoms with Crippen LogP contribution in [0.2, 0.25) is 0 Å². The quantitative estimate of drug-likeness (QED) is 0.199. The van der Waals surface area contributed by atoms with E-state index >= 15 is 0 Å². The number of aliphatic hydroxyl groups excluding tert-OH is 5. The number of hydrogen-bond acceptors (Lipinski definition) is 8. The molecule has 0 aromatic rings. The van der Waals surface area contributed by atoms with Crippen molar-refractivity contribution in [1.82, 2.24) is 0 Å². The molecule has 9 nitrogen and oxygen atoms in total. The molecule has 15 atom stereocenters. The molecule has 1 saturated heterocycles. The van der Waals surface area contributed by atoms with Crippen molar-refractivity contribution in [3.63, 3.8) is 0 Å². The van der Waals surface area contributed by atoms with Gasteiger partial charge in [0, 0.05) is 10.8 Å². The summed E-state index contributed by atoms with van der Waals surface area (Å²) in [5.41, 5.74) is 0.871. The molecule has 6 aliphatic rings. The fourth-order valence-electron chi connectivity index (χ4n) is 12.2. The van der Waals surface area contributed by atoms with Crippen LogP contribution in [0.4, 0.5) is 0 Å². The second-order valence-electron chi connectivity index (χ2n) is 18.0. The van der Waals surface area contributed by atoms with E-state index in [0.29, 0.717) is 18.3 Å². The summed E-state index contributed by atoms with van der Waals surface area (Å²) in [6, 6.07) is 0. The number of carbonyl (C=O) groups is 1. The standard InChI is InChI=1S/C36H58O9/c1-31(2)16-20-19-8-9-22-33(4)12-11-24(44-30-27(41)25(39)26(40)28(45-30)29(42)43)34(5,18-37)21(33)10-13-36(22,7)35(19,6)15-14-32(20,3)23(38)17-31/h8,20-28,30,37-41H,9-18H2,1-7H3,(H,42,43)/t20-,21-,22-,23+,24-,25-,26-,27+,28-,30+,32+,33-,34-,35+,36+/m0/s1. The Morgan fingerprint density at radius 1 is 0.867 bits per heavy atom. The summed E-state index contributed by atoms with van der Waals surface area (Å²) in [4.78, 5) is 11.7. The third-order valence-electron chi connectivity index (χ3n) is 15.3. The highest BCUT2D eigenvalue weighted by atomic mass is 16.7. The second-order valence-corrected chi connectivity index (χ2v) is 18.0. The number of aliphatic hydroxyl groups is 5. The van der Waals surface area contributed by atoms with Gasteiger partial charge >= 0.3 is 5.97 Å². The Bertz CT molecular complexity index is 1220. The molecule has 6 rings (SSSR count). The molecule has 45 heavy (non-hydrogen) atoms. The molecular weight excluding hydrogens is 576 g/mol. The van der Waals surface area contributed by atoms with E-state index in [1.807, 2.05) is 6.92 Å². The summed E-state index contributed by atoms with van der Waals surface area (Å²) in [5.74, 6) is -0.570. The molecule has 0 radical (unpaired) electrons. The molecule has 256 valence electrons. The number of allylic oxidation sites excluding steroid dienone is 2. The first-order valence-corrected chi connectivity index (χ1v) is 17.4. The van der Waals surface area contributed by atoms with Gasteiger partial charge in [-0.2, -0.15) is 0 Å². The number of aliphatic carboxylic acids is 1. The van der Waals surface area contributed by atoms with Gasteiger partial charge in [-0.3, -0.25) is 0 Å². The molecule has 5 fully saturated rings. The maximum Gasteiger partial charge on any atom is 0.335 e. The van der Waals surface area contributed by atoms with E-state index in [-0.39, 0.29) is 45.7 Å². The Kier molecular flexibility index (Phi) is 8.05. The van der Waals surface area contributed by atoms with Gasteiger partial charge in [-0.15, -0.1) is 0 Å². The SMILES string of the molecule is CC1(C)C[C@@H](O)[C@]2(C)CC[C@]3(C)C(=CC[C@H]4[C@@]5(C)CC[C@H](O[C@@H]6O[C@H](C(=O)O)[C@@H](O)[C@H](O)[C@H]6O)[C@@](C)(CO)[C@H]5CC[C@]43C)[C@@H]2C1. The van der Waals surface area contributed by atoms with Crippen molar-refractivity contribution in [2.75, 3.05) is 6.61 Å². The Balaban J connectivity index is 1.30. The van der Waals surface area contributed by atoms with Crippen molar-refractivity contribution in [1.29, 1.82) is 0 Å². The number of rotatable bonds is 4. The lowest BCUT2D eigenvalue weighted by Crippen LogP contribution is -2.67. The molecule has 9 heteroatoms. The minimum Gasteiger partial charge on any atom is -0.479 e. The zero-order valence-electron chi connectivity index (χ0n) is 28.3. The van der Waals surface area contributed by atoms with Crippen molar-refractivity contribution in [2.24, 2.45) is 50.2 Å². The summed E-state index contributed by atoms with van der Waals surface area (Å²) in [6.07, 6.45) is 1.81. The van der Waals surface area contributed by atoms with Gasteiger partial charge < -0.3 is 40.1 Å². The fourth-order valence-corrected chi connectivity index (χ4v) is 12.2. The van der Waals surface area contributed by atoms with Gasteiger partial charge in [0.15, 0.2) is 12.4 Å². The molecule has 0 spiro atoms. The van der Waals surface area contributed by atoms with Crippen LogP contribution in [-0.2, 0) is 14.3 Å². The first-order valence-electron chi connectivity index (χ1n) is 17.4. The second kappa shape index (κ2) is 10.7. The van der Waals surface area contributed by atoms with Gasteiger partial charge in [0.25, 0.3) is 0 Å². The highest BCUT2D eigenvalue weighted by Crippen LogP contribution is 2.75. The zero-order valence-corrected chi connectivity index (χ0v) is 28.3. The number of hydrogen-bond donors (Lipinski definition) is 6. The van der Waals surface area contributed by atoms with Crippen molar-refractivity contribution < 1.29 is 44.9 Å². The Morgan fingerprint density at radius 2 is 1.56 bits per heavy atom. The molecule has 0 unspecified atom stereocenters. The van der Waals surface area contributed by atoms with Gasteiger partial charge in [-0.25, -0.2) is 4.79 Å². The van der Waals surface area contributed by atoms with E-state index < -0.39 is 48.2 Å². The average molecular weight is 635 g/mol. The molecular formula is C36H58O9. The zero-order chi connectivity index (χ0) is 33.1. The highest BCUT2D eigenvalue weighted by Gasteiger charge is 2.69. The topological polar surface area (TPSA) is 157 Å². The van der Waals surface area contributed by atoms with E-state index in [9.17, 15) is 35.4 Å². The third kappa shape index (κ3) is 4.61. The summed E-state index contributed by atoms with van der Waals surface area (Å²) in [5, 5.41) is 63.3. The summed E-state index contributed by atoms with van der Waals surface area (Å²) in [7, 11) is 0. The van der Waals surface area contributed by atoms with Crippen LogP contribution in [-0.4, -0.2) is 86.1 Å². The lowest BCUT2D eigenvalue weighted by atomic mass is 9.33. The number of ether oxygens (including phenoxy) is 2. The number of carboxylic acid groups (broad SMARTS) is 1. The predicted molar refractivity (Wildman–Crippen MR) is 167 cm³/mol. The van der Waals surface area contributed by atoms with Crippen LogP contribution in [0, 0.1) is 50.2 Å². The van der Waals surface area contributed by atoms with Crippen LogP contribution in [0.25, 0.3) is 0 Å². The van der Waals surface area contributed by atoms with Gasteiger partial charge in [-0.1, -0.05) is 60.1 Å². The third-order valence-corrected chi connectivity index (χ3v) is 15.3. The summed E-state index contributed by atoms with van der Waals surface area (Å²) < 4.78 is 11.8. The maximum atomic E-state index is 11.7. The van der Waals surface area contributed by atoms with Gasteiger partial charge in [0.05, 0.1) is 18.8 Å². The van der Waals surface area contributed by atoms with Crippen LogP contribution in [0.15, 0.2) is 11.6 Å². The minimum atomic E-state index is -1.78. The smallest absolute Gasteiger partial charge is 0.335 e. The average Bonchev–Trinajstić information content (AvgIpc) is 2.96. The maximum absolute atomic E-state index is 11.7. The van der Waals surface area contributed by atoms with Crippen molar-refractivity contribution in [3.8, 4) is 0 Å². The monoisotopic (exact) mass is 634 g/mol. The Hall–Kier alpha value is -1.07. The first-order chi connectivity index (χ1) is 20.8. The molecule has 1 heterocycles. The summed E-state index contributed by atoms with van der Waals surface area (Å²) in [6.45, 7) is 16.3. The molecule has 4 saturated carbocycles. The van der Waals surface area contributed by atoms with Gasteiger partial charge in [-0.05, 0) is 97.2 Å². The van der Waals surface area contributed by atoms with Crippen LogP contribution in [0.1, 0.15) is 106 Å². The lowest BCUT2D eigenvalue weighted by molar-refractivity contribution is -0.327. The lowest BCUT2D eigenvalue weighted by Gasteiger charge is -2.72. The molecule has 0 aromatic carbocycles. The van der Waals surface area contributed by atoms with E-state index in [1.165, 1.54) is 0 Å². The molecule has 6 N–H and O–H groups in total. The van der Waals surface area contributed by atoms with Crippen LogP contribution < -0.4 is 0 Å². The molecule has 1 aliphatic heterocycles. The molecule has 0 aromatic heterocycles. The van der Waals surface area contributed by atoms with E-state index in [4.69, 9.17) is 9.47 Å². The minimum absolute atomic E-state index is 0.0209. The van der Waals surface area contributed by atoms with Gasteiger partial charge in [0.1, 0.15) is 18.3 Å². The van der Waals surface area contributed by atoms with Gasteiger partial charge in [0.2, 0.25) is 0 Å². The van der Waals surface area contributed by atoms with E-state index in [0.717, 1.165) is 51.4 Å². The van der Waals surface area contributed by atoms with Crippen molar-refractivity contribution in [2.45, 2.75) is 149 Å². The molecule has 0 bridgehead atoms. The Labute approximate surface area is 268 Å². The predicted octanol–water partition coefficient (Wildman–Crippen LogP) is 4.03. The fraction of sp³-hybridized carbons (Fsp3) is 0.917. The van der Waals surface area contributed by atoms with E-state index in [1.54, 1.807) is 5.57 Å². The van der Waals surface area contributed by atoms with E-state index in [2.05, 4.69) is 47.6 Å². The number of carboxylic acids is 1. The van der Waals surface area contributed by atoms with Crippen LogP contribution in [0.5, 0.6) is 0 Å². The van der Waals surface area contributed by atoms with Crippen molar-refractivity contribution in [3.05, 3.63) is 11.6 Å². The first kappa shape index (κ1) is 33.8. The molecule has 0 amide bonds. The largest absolute Gasteiger partial charge is 0.479 e. The Morgan fingerprint density at radius 3 is 2.20 bits per heavy atom.